The van der Waals surface area contributed by atoms with Gasteiger partial charge in [-0.25, -0.2) is 0 Å². The molecule has 0 bridgehead atoms. The number of aldehydes is 1. The fourth-order valence-electron chi connectivity index (χ4n) is 3.61. The van der Waals surface area contributed by atoms with Gasteiger partial charge >= 0.3 is 5.97 Å². The molecule has 0 heterocycles. The average Bonchev–Trinajstić information content (AvgIpc) is 2.82. The number of amides is 1. The van der Waals surface area contributed by atoms with Crippen LogP contribution in [0.25, 0.3) is 0 Å². The molecule has 9 heteroatoms. The maximum absolute atomic E-state index is 13.3. The lowest BCUT2D eigenvalue weighted by Gasteiger charge is -2.24. The summed E-state index contributed by atoms with van der Waals surface area (Å²) < 4.78 is 0. The lowest BCUT2D eigenvalue weighted by Crippen LogP contribution is -2.42. The van der Waals surface area contributed by atoms with E-state index < -0.39 is 36.6 Å². The monoisotopic (exact) mass is 514 g/mol. The molecule has 1 amide bonds. The fourth-order valence-corrected chi connectivity index (χ4v) is 3.74. The first-order chi connectivity index (χ1) is 17.1. The molecule has 0 aliphatic heterocycles. The molecule has 0 aliphatic carbocycles. The summed E-state index contributed by atoms with van der Waals surface area (Å²) in [5.74, 6) is -2.29. The summed E-state index contributed by atoms with van der Waals surface area (Å²) in [7, 11) is 0. The van der Waals surface area contributed by atoms with E-state index in [4.69, 9.17) is 16.7 Å². The lowest BCUT2D eigenvalue weighted by molar-refractivity contribution is -0.138. The molecule has 0 spiro atoms. The molecular weight excluding hydrogens is 484 g/mol. The maximum atomic E-state index is 13.3. The Morgan fingerprint density at radius 3 is 2.22 bits per heavy atom. The van der Waals surface area contributed by atoms with Gasteiger partial charge < -0.3 is 20.3 Å². The van der Waals surface area contributed by atoms with Crippen molar-refractivity contribution in [1.29, 1.82) is 0 Å². The number of halogens is 1. The van der Waals surface area contributed by atoms with Gasteiger partial charge in [0, 0.05) is 11.4 Å². The van der Waals surface area contributed by atoms with Crippen LogP contribution in [0.4, 0.5) is 0 Å². The minimum Gasteiger partial charge on any atom is -0.481 e. The second kappa shape index (κ2) is 14.3. The van der Waals surface area contributed by atoms with Crippen molar-refractivity contribution in [3.63, 3.8) is 0 Å². The number of nitrogens with one attached hydrogen (secondary N) is 2. The maximum Gasteiger partial charge on any atom is 0.305 e. The normalized spacial score (nSPS) is 14.1. The molecule has 2 aromatic carbocycles. The third kappa shape index (κ3) is 9.73. The van der Waals surface area contributed by atoms with Gasteiger partial charge in [-0.15, -0.1) is 0 Å². The van der Waals surface area contributed by atoms with Gasteiger partial charge in [0.15, 0.2) is 5.78 Å². The number of carbonyl (C=O) groups excluding carboxylic acids is 3. The van der Waals surface area contributed by atoms with Crippen molar-refractivity contribution in [2.75, 3.05) is 0 Å². The highest BCUT2D eigenvalue weighted by molar-refractivity contribution is 6.30. The Kier molecular flexibility index (Phi) is 11.5. The van der Waals surface area contributed by atoms with Crippen LogP contribution in [0.15, 0.2) is 66.2 Å². The molecule has 0 aliphatic rings. The summed E-state index contributed by atoms with van der Waals surface area (Å²) in [6.45, 7) is 3.67. The van der Waals surface area contributed by atoms with Gasteiger partial charge in [-0.2, -0.15) is 0 Å². The Balaban J connectivity index is 2.24. The van der Waals surface area contributed by atoms with E-state index in [0.717, 1.165) is 5.56 Å². The molecule has 3 atom stereocenters. The Morgan fingerprint density at radius 1 is 1.03 bits per heavy atom. The standard InChI is InChI=1S/C27H31ClN2O6/c1-17(2)26(30-27(36)20-8-10-21(28)11-9-20)23(32)13-19(12-18-6-4-3-5-7-18)14-24(33)29-22(16-31)15-25(34)35/h3-11,13,16-17,22,26-27,30,36H,12,14-15H2,1-2H3,(H,29,33)(H,34,35)/b19-13+. The van der Waals surface area contributed by atoms with Gasteiger partial charge in [0.25, 0.3) is 0 Å². The smallest absolute Gasteiger partial charge is 0.305 e. The quantitative estimate of drug-likeness (QED) is 0.173. The minimum absolute atomic E-state index is 0.183. The summed E-state index contributed by atoms with van der Waals surface area (Å²) in [6, 6.07) is 13.9. The summed E-state index contributed by atoms with van der Waals surface area (Å²) in [5.41, 5.74) is 1.90. The number of aliphatic hydroxyl groups is 1. The van der Waals surface area contributed by atoms with Crippen molar-refractivity contribution in [2.45, 2.75) is 51.4 Å². The van der Waals surface area contributed by atoms with Gasteiger partial charge in [0.2, 0.25) is 5.91 Å². The molecule has 2 rings (SSSR count). The van der Waals surface area contributed by atoms with Crippen molar-refractivity contribution in [3.05, 3.63) is 82.4 Å². The Hall–Kier alpha value is -3.33. The summed E-state index contributed by atoms with van der Waals surface area (Å²) in [4.78, 5) is 47.9. The van der Waals surface area contributed by atoms with Crippen LogP contribution in [-0.2, 0) is 25.6 Å². The number of hydrogen-bond donors (Lipinski definition) is 4. The molecule has 0 fully saturated rings. The number of benzene rings is 2. The van der Waals surface area contributed by atoms with Crippen LogP contribution in [-0.4, -0.2) is 46.2 Å². The summed E-state index contributed by atoms with van der Waals surface area (Å²) >= 11 is 5.91. The number of aliphatic hydroxyl groups excluding tert-OH is 1. The molecular formula is C27H31ClN2O6. The first-order valence-corrected chi connectivity index (χ1v) is 11.9. The summed E-state index contributed by atoms with van der Waals surface area (Å²) in [5, 5.41) is 25.4. The Bertz CT molecular complexity index is 1070. The van der Waals surface area contributed by atoms with Crippen LogP contribution in [0, 0.1) is 5.92 Å². The van der Waals surface area contributed by atoms with E-state index in [2.05, 4.69) is 10.6 Å². The van der Waals surface area contributed by atoms with Crippen molar-refractivity contribution < 1.29 is 29.4 Å². The van der Waals surface area contributed by atoms with Gasteiger partial charge in [0.1, 0.15) is 12.5 Å². The van der Waals surface area contributed by atoms with E-state index in [-0.39, 0.29) is 18.1 Å². The molecule has 0 saturated heterocycles. The highest BCUT2D eigenvalue weighted by atomic mass is 35.5. The number of carboxylic acid groups (broad SMARTS) is 1. The van der Waals surface area contributed by atoms with Crippen molar-refractivity contribution in [1.82, 2.24) is 10.6 Å². The zero-order chi connectivity index (χ0) is 26.7. The number of aliphatic carboxylic acids is 1. The van der Waals surface area contributed by atoms with Crippen molar-refractivity contribution in [3.8, 4) is 0 Å². The van der Waals surface area contributed by atoms with Crippen LogP contribution in [0.2, 0.25) is 5.02 Å². The molecule has 0 radical (unpaired) electrons. The third-order valence-electron chi connectivity index (χ3n) is 5.41. The van der Waals surface area contributed by atoms with Crippen LogP contribution < -0.4 is 10.6 Å². The Morgan fingerprint density at radius 2 is 1.67 bits per heavy atom. The van der Waals surface area contributed by atoms with E-state index in [0.29, 0.717) is 28.9 Å². The predicted molar refractivity (Wildman–Crippen MR) is 136 cm³/mol. The van der Waals surface area contributed by atoms with E-state index in [1.165, 1.54) is 6.08 Å². The van der Waals surface area contributed by atoms with E-state index >= 15 is 0 Å². The second-order valence-corrected chi connectivity index (χ2v) is 9.23. The molecule has 0 aromatic heterocycles. The number of carboxylic acids is 1. The summed E-state index contributed by atoms with van der Waals surface area (Å²) in [6.07, 6.45) is 0.205. The highest BCUT2D eigenvalue weighted by Gasteiger charge is 2.25. The SMILES string of the molecule is CC(C)C(NC(O)c1ccc(Cl)cc1)C(=O)/C=C(/CC(=O)NC(C=O)CC(=O)O)Cc1ccccc1. The first kappa shape index (κ1) is 28.9. The topological polar surface area (TPSA) is 133 Å². The van der Waals surface area contributed by atoms with Crippen molar-refractivity contribution in [2.24, 2.45) is 5.92 Å². The largest absolute Gasteiger partial charge is 0.481 e. The van der Waals surface area contributed by atoms with Crippen LogP contribution in [0.1, 0.15) is 44.0 Å². The molecule has 36 heavy (non-hydrogen) atoms. The molecule has 3 unspecified atom stereocenters. The second-order valence-electron chi connectivity index (χ2n) is 8.79. The van der Waals surface area contributed by atoms with Crippen LogP contribution in [0.3, 0.4) is 0 Å². The van der Waals surface area contributed by atoms with Gasteiger partial charge in [-0.05, 0) is 41.7 Å². The molecule has 0 saturated carbocycles. The lowest BCUT2D eigenvalue weighted by atomic mass is 9.94. The predicted octanol–water partition coefficient (Wildman–Crippen LogP) is 3.23. The van der Waals surface area contributed by atoms with Gasteiger partial charge in [0.05, 0.1) is 18.5 Å². The highest BCUT2D eigenvalue weighted by Crippen LogP contribution is 2.19. The fraction of sp³-hybridized carbons (Fsp3) is 0.333. The molecule has 192 valence electrons. The third-order valence-corrected chi connectivity index (χ3v) is 5.66. The van der Waals surface area contributed by atoms with E-state index in [1.807, 2.05) is 44.2 Å². The zero-order valence-corrected chi connectivity index (χ0v) is 20.9. The number of carbonyl (C=O) groups is 4. The van der Waals surface area contributed by atoms with E-state index in [9.17, 15) is 24.3 Å². The number of ketones is 1. The van der Waals surface area contributed by atoms with Gasteiger partial charge in [-0.3, -0.25) is 19.7 Å². The molecule has 4 N–H and O–H groups in total. The average molecular weight is 515 g/mol. The zero-order valence-electron chi connectivity index (χ0n) is 20.2. The number of rotatable bonds is 14. The number of hydrogen-bond acceptors (Lipinski definition) is 6. The van der Waals surface area contributed by atoms with Crippen molar-refractivity contribution >= 4 is 35.5 Å². The van der Waals surface area contributed by atoms with Crippen LogP contribution >= 0.6 is 11.6 Å². The molecule has 8 nitrogen and oxygen atoms in total. The van der Waals surface area contributed by atoms with Crippen LogP contribution in [0.5, 0.6) is 0 Å². The van der Waals surface area contributed by atoms with E-state index in [1.54, 1.807) is 24.3 Å². The minimum atomic E-state index is -1.22. The first-order valence-electron chi connectivity index (χ1n) is 11.5. The Labute approximate surface area is 215 Å². The van der Waals surface area contributed by atoms with Gasteiger partial charge in [-0.1, -0.05) is 73.5 Å². The molecule has 2 aromatic rings.